The molecule has 15 heavy (non-hydrogen) atoms. The van der Waals surface area contributed by atoms with Gasteiger partial charge in [-0.3, -0.25) is 4.98 Å². The third-order valence-electron chi connectivity index (χ3n) is 2.07. The zero-order chi connectivity index (χ0) is 10.7. The summed E-state index contributed by atoms with van der Waals surface area (Å²) >= 11 is 0. The van der Waals surface area contributed by atoms with Crippen molar-refractivity contribution in [2.24, 2.45) is 5.73 Å². The summed E-state index contributed by atoms with van der Waals surface area (Å²) in [4.78, 5) is 12.6. The second-order valence-corrected chi connectivity index (χ2v) is 3.08. The Labute approximate surface area is 87.3 Å². The maximum absolute atomic E-state index is 5.46. The van der Waals surface area contributed by atoms with E-state index in [4.69, 9.17) is 10.5 Å². The first kappa shape index (κ1) is 9.79. The molecule has 0 aliphatic carbocycles. The fourth-order valence-corrected chi connectivity index (χ4v) is 1.39. The molecule has 0 unspecified atom stereocenters. The van der Waals surface area contributed by atoms with E-state index >= 15 is 0 Å². The lowest BCUT2D eigenvalue weighted by Gasteiger charge is -2.05. The van der Waals surface area contributed by atoms with Gasteiger partial charge in [-0.2, -0.15) is 4.98 Å². The predicted octanol–water partition coefficient (Wildman–Crippen LogP) is 0.535. The molecule has 2 rings (SSSR count). The Bertz CT molecular complexity index is 472. The highest BCUT2D eigenvalue weighted by molar-refractivity contribution is 5.82. The number of hydrogen-bond donors (Lipinski definition) is 1. The van der Waals surface area contributed by atoms with Gasteiger partial charge in [0, 0.05) is 18.8 Å². The Morgan fingerprint density at radius 1 is 1.40 bits per heavy atom. The number of nitrogens with zero attached hydrogens (tertiary/aromatic N) is 3. The third kappa shape index (κ3) is 1.87. The lowest BCUT2D eigenvalue weighted by molar-refractivity contribution is 0.400. The van der Waals surface area contributed by atoms with E-state index in [0.717, 1.165) is 10.9 Å². The normalized spacial score (nSPS) is 10.5. The number of fused-ring (bicyclic) bond motifs is 1. The van der Waals surface area contributed by atoms with E-state index < -0.39 is 0 Å². The topological polar surface area (TPSA) is 73.9 Å². The molecule has 0 aromatic carbocycles. The van der Waals surface area contributed by atoms with Gasteiger partial charge in [-0.1, -0.05) is 0 Å². The van der Waals surface area contributed by atoms with Gasteiger partial charge in [-0.05, 0) is 12.6 Å². The summed E-state index contributed by atoms with van der Waals surface area (Å²) in [5, 5.41) is 0.820. The van der Waals surface area contributed by atoms with Crippen molar-refractivity contribution in [1.29, 1.82) is 0 Å². The molecular weight excluding hydrogens is 192 g/mol. The van der Waals surface area contributed by atoms with E-state index in [9.17, 15) is 0 Å². The highest BCUT2D eigenvalue weighted by Crippen LogP contribution is 2.20. The van der Waals surface area contributed by atoms with Gasteiger partial charge in [0.15, 0.2) is 0 Å². The van der Waals surface area contributed by atoms with Gasteiger partial charge in [-0.15, -0.1) is 0 Å². The second kappa shape index (κ2) is 4.18. The van der Waals surface area contributed by atoms with E-state index in [0.29, 0.717) is 24.7 Å². The molecule has 0 aliphatic heterocycles. The molecule has 0 bridgehead atoms. The summed E-state index contributed by atoms with van der Waals surface area (Å²) in [6.45, 7) is 0.528. The molecule has 2 aromatic heterocycles. The molecule has 0 aliphatic rings. The molecule has 5 heteroatoms. The first-order valence-electron chi connectivity index (χ1n) is 4.70. The van der Waals surface area contributed by atoms with Gasteiger partial charge in [0.1, 0.15) is 5.82 Å². The molecule has 78 valence electrons. The van der Waals surface area contributed by atoms with Crippen molar-refractivity contribution in [2.45, 2.75) is 6.42 Å². The number of ether oxygens (including phenoxy) is 1. The molecule has 2 heterocycles. The second-order valence-electron chi connectivity index (χ2n) is 3.08. The van der Waals surface area contributed by atoms with Gasteiger partial charge < -0.3 is 10.5 Å². The fraction of sp³-hybridized carbons (Fsp3) is 0.300. The van der Waals surface area contributed by atoms with Crippen molar-refractivity contribution >= 4 is 10.9 Å². The minimum atomic E-state index is 0.528. The van der Waals surface area contributed by atoms with Gasteiger partial charge >= 0.3 is 0 Å². The van der Waals surface area contributed by atoms with Crippen LogP contribution in [0.2, 0.25) is 0 Å². The van der Waals surface area contributed by atoms with Crippen LogP contribution in [-0.2, 0) is 6.42 Å². The zero-order valence-electron chi connectivity index (χ0n) is 8.47. The number of nitrogens with two attached hydrogens (primary N) is 1. The highest BCUT2D eigenvalue weighted by Gasteiger charge is 2.06. The van der Waals surface area contributed by atoms with Crippen LogP contribution < -0.4 is 10.5 Å². The van der Waals surface area contributed by atoms with Crippen LogP contribution >= 0.6 is 0 Å². The Kier molecular flexibility index (Phi) is 2.73. The van der Waals surface area contributed by atoms with Crippen molar-refractivity contribution in [3.63, 3.8) is 0 Å². The molecule has 0 fully saturated rings. The fourth-order valence-electron chi connectivity index (χ4n) is 1.39. The van der Waals surface area contributed by atoms with E-state index in [1.807, 2.05) is 6.07 Å². The van der Waals surface area contributed by atoms with Crippen LogP contribution in [0.3, 0.4) is 0 Å². The summed E-state index contributed by atoms with van der Waals surface area (Å²) in [6.07, 6.45) is 4.04. The molecule has 0 atom stereocenters. The summed E-state index contributed by atoms with van der Waals surface area (Å²) in [7, 11) is 1.58. The third-order valence-corrected chi connectivity index (χ3v) is 2.07. The average molecular weight is 204 g/mol. The number of rotatable bonds is 3. The summed E-state index contributed by atoms with van der Waals surface area (Å²) in [5.41, 5.74) is 6.30. The van der Waals surface area contributed by atoms with Crippen LogP contribution in [0.1, 0.15) is 5.82 Å². The number of methoxy groups -OCH3 is 1. The number of hydrogen-bond acceptors (Lipinski definition) is 5. The van der Waals surface area contributed by atoms with Crippen molar-refractivity contribution in [3.8, 4) is 5.88 Å². The average Bonchev–Trinajstić information content (AvgIpc) is 2.28. The first-order chi connectivity index (χ1) is 7.35. The highest BCUT2D eigenvalue weighted by atomic mass is 16.5. The maximum Gasteiger partial charge on any atom is 0.226 e. The van der Waals surface area contributed by atoms with E-state index in [1.54, 1.807) is 19.5 Å². The van der Waals surface area contributed by atoms with Crippen LogP contribution in [0.4, 0.5) is 0 Å². The molecule has 0 saturated heterocycles. The Morgan fingerprint density at radius 2 is 2.27 bits per heavy atom. The van der Waals surface area contributed by atoms with Gasteiger partial charge in [0.25, 0.3) is 0 Å². The predicted molar refractivity (Wildman–Crippen MR) is 56.6 cm³/mol. The number of pyridine rings is 1. The lowest BCUT2D eigenvalue weighted by atomic mass is 10.3. The minimum absolute atomic E-state index is 0.528. The standard InChI is InChI=1S/C10H12N4O/c1-15-10-7-6-12-5-3-8(7)13-9(14-10)2-4-11/h3,5-6H,2,4,11H2,1H3. The van der Waals surface area contributed by atoms with Gasteiger partial charge in [0.2, 0.25) is 5.88 Å². The summed E-state index contributed by atoms with van der Waals surface area (Å²) in [5.74, 6) is 1.25. The largest absolute Gasteiger partial charge is 0.480 e. The Hall–Kier alpha value is -1.75. The van der Waals surface area contributed by atoms with Gasteiger partial charge in [0.05, 0.1) is 18.0 Å². The number of aromatic nitrogens is 3. The van der Waals surface area contributed by atoms with E-state index in [-0.39, 0.29) is 0 Å². The Balaban J connectivity index is 2.60. The van der Waals surface area contributed by atoms with Crippen LogP contribution in [0.5, 0.6) is 5.88 Å². The van der Waals surface area contributed by atoms with Crippen LogP contribution in [0.25, 0.3) is 10.9 Å². The monoisotopic (exact) mass is 204 g/mol. The zero-order valence-corrected chi connectivity index (χ0v) is 8.47. The summed E-state index contributed by atoms with van der Waals surface area (Å²) < 4.78 is 5.18. The Morgan fingerprint density at radius 3 is 3.00 bits per heavy atom. The van der Waals surface area contributed by atoms with Gasteiger partial charge in [-0.25, -0.2) is 4.98 Å². The van der Waals surface area contributed by atoms with Crippen LogP contribution in [0.15, 0.2) is 18.5 Å². The van der Waals surface area contributed by atoms with Crippen LogP contribution in [0, 0.1) is 0 Å². The molecule has 0 radical (unpaired) electrons. The molecule has 2 aromatic rings. The molecule has 0 amide bonds. The lowest BCUT2D eigenvalue weighted by Crippen LogP contribution is -2.07. The van der Waals surface area contributed by atoms with Crippen molar-refractivity contribution in [1.82, 2.24) is 15.0 Å². The van der Waals surface area contributed by atoms with Crippen molar-refractivity contribution < 1.29 is 4.74 Å². The molecule has 0 saturated carbocycles. The van der Waals surface area contributed by atoms with Crippen molar-refractivity contribution in [3.05, 3.63) is 24.3 Å². The van der Waals surface area contributed by atoms with E-state index in [1.165, 1.54) is 0 Å². The van der Waals surface area contributed by atoms with E-state index in [2.05, 4.69) is 15.0 Å². The van der Waals surface area contributed by atoms with Crippen molar-refractivity contribution in [2.75, 3.05) is 13.7 Å². The van der Waals surface area contributed by atoms with Crippen LogP contribution in [-0.4, -0.2) is 28.6 Å². The molecular formula is C10H12N4O. The quantitative estimate of drug-likeness (QED) is 0.789. The maximum atomic E-state index is 5.46. The first-order valence-corrected chi connectivity index (χ1v) is 4.70. The molecule has 0 spiro atoms. The minimum Gasteiger partial charge on any atom is -0.480 e. The smallest absolute Gasteiger partial charge is 0.226 e. The molecule has 5 nitrogen and oxygen atoms in total. The molecule has 2 N–H and O–H groups in total. The SMILES string of the molecule is COc1nc(CCN)nc2ccncc12. The summed E-state index contributed by atoms with van der Waals surface area (Å²) in [6, 6.07) is 1.83.